The van der Waals surface area contributed by atoms with Crippen molar-refractivity contribution in [2.75, 3.05) is 5.32 Å². The second kappa shape index (κ2) is 10.5. The van der Waals surface area contributed by atoms with Gasteiger partial charge in [-0.2, -0.15) is 4.99 Å². The Morgan fingerprint density at radius 2 is 1.74 bits per heavy atom. The van der Waals surface area contributed by atoms with Crippen LogP contribution in [0.1, 0.15) is 40.9 Å². The normalized spacial score (nSPS) is 12.5. The van der Waals surface area contributed by atoms with Crippen molar-refractivity contribution in [3.63, 3.8) is 0 Å². The number of fused-ring (bicyclic) bond motifs is 1. The monoisotopic (exact) mass is 487 g/mol. The van der Waals surface area contributed by atoms with Gasteiger partial charge in [0.15, 0.2) is 4.80 Å². The fraction of sp³-hybridized carbons (Fsp3) is 0.185. The molecular weight excluding hydrogens is 462 g/mol. The number of hydrogen-bond donors (Lipinski definition) is 2. The van der Waals surface area contributed by atoms with Crippen LogP contribution in [-0.2, 0) is 16.0 Å². The van der Waals surface area contributed by atoms with Crippen molar-refractivity contribution in [1.82, 2.24) is 4.57 Å². The molecule has 1 aromatic heterocycles. The van der Waals surface area contributed by atoms with Crippen LogP contribution in [0.4, 0.5) is 5.69 Å². The second-order valence-corrected chi connectivity index (χ2v) is 9.20. The Morgan fingerprint density at radius 3 is 2.40 bits per heavy atom. The van der Waals surface area contributed by atoms with Gasteiger partial charge in [-0.15, -0.1) is 0 Å². The van der Waals surface area contributed by atoms with Crippen LogP contribution in [0.2, 0.25) is 0 Å². The van der Waals surface area contributed by atoms with Crippen LogP contribution in [0.5, 0.6) is 0 Å². The lowest BCUT2D eigenvalue weighted by molar-refractivity contribution is -0.141. The number of aryl methyl sites for hydroxylation is 1. The Balaban J connectivity index is 1.74. The molecule has 2 amide bonds. The first-order valence-electron chi connectivity index (χ1n) is 11.2. The van der Waals surface area contributed by atoms with Crippen LogP contribution in [0.3, 0.4) is 0 Å². The van der Waals surface area contributed by atoms with Crippen LogP contribution in [0, 0.1) is 6.92 Å². The van der Waals surface area contributed by atoms with E-state index in [0.29, 0.717) is 28.0 Å². The smallest absolute Gasteiger partial charge is 0.326 e. The van der Waals surface area contributed by atoms with Crippen LogP contribution < -0.4 is 10.1 Å². The van der Waals surface area contributed by atoms with Gasteiger partial charge < -0.3 is 15.0 Å². The number of anilines is 1. The van der Waals surface area contributed by atoms with E-state index in [0.717, 1.165) is 15.8 Å². The molecule has 2 N–H and O–H groups in total. The minimum atomic E-state index is -1.02. The van der Waals surface area contributed by atoms with Crippen molar-refractivity contribution < 1.29 is 19.5 Å². The number of aromatic nitrogens is 1. The molecule has 7 nitrogen and oxygen atoms in total. The fourth-order valence-corrected chi connectivity index (χ4v) is 4.85. The molecule has 0 bridgehead atoms. The first-order chi connectivity index (χ1) is 16.9. The van der Waals surface area contributed by atoms with Gasteiger partial charge in [-0.1, -0.05) is 66.3 Å². The standard InChI is InChI=1S/C27H25N3O4S/c1-3-21(26(33)34)30-22-16-20(28-24(31)15-18-7-5-4-6-8-18)13-14-23(22)35-27(30)29-25(32)19-11-9-17(2)10-12-19/h4-14,16,21H,3,15H2,1-2H3,(H,28,31)(H,33,34). The van der Waals surface area contributed by atoms with Gasteiger partial charge in [-0.25, -0.2) is 4.79 Å². The zero-order valence-electron chi connectivity index (χ0n) is 19.4. The molecule has 0 spiro atoms. The SMILES string of the molecule is CCC(C(=O)O)n1c(=NC(=O)c2ccc(C)cc2)sc2ccc(NC(=O)Cc3ccccc3)cc21. The number of rotatable bonds is 7. The van der Waals surface area contributed by atoms with Gasteiger partial charge in [0.2, 0.25) is 5.91 Å². The van der Waals surface area contributed by atoms with Crippen molar-refractivity contribution in [2.45, 2.75) is 32.7 Å². The highest BCUT2D eigenvalue weighted by Gasteiger charge is 2.22. The van der Waals surface area contributed by atoms with Crippen molar-refractivity contribution in [1.29, 1.82) is 0 Å². The van der Waals surface area contributed by atoms with Crippen LogP contribution in [-0.4, -0.2) is 27.5 Å². The van der Waals surface area contributed by atoms with E-state index >= 15 is 0 Å². The summed E-state index contributed by atoms with van der Waals surface area (Å²) in [6, 6.07) is 20.9. The predicted octanol–water partition coefficient (Wildman–Crippen LogP) is 4.97. The maximum absolute atomic E-state index is 12.8. The molecule has 0 aliphatic heterocycles. The number of thiazole rings is 1. The van der Waals surface area contributed by atoms with Gasteiger partial charge >= 0.3 is 5.97 Å². The molecule has 4 aromatic rings. The van der Waals surface area contributed by atoms with Gasteiger partial charge in [-0.05, 0) is 49.2 Å². The Labute approximate surface area is 206 Å². The quantitative estimate of drug-likeness (QED) is 0.384. The van der Waals surface area contributed by atoms with Gasteiger partial charge in [0, 0.05) is 11.3 Å². The second-order valence-electron chi connectivity index (χ2n) is 8.19. The molecule has 0 aliphatic carbocycles. The summed E-state index contributed by atoms with van der Waals surface area (Å²) in [5.74, 6) is -1.64. The minimum absolute atomic E-state index is 0.179. The number of carbonyl (C=O) groups excluding carboxylic acids is 2. The Morgan fingerprint density at radius 1 is 1.03 bits per heavy atom. The number of amides is 2. The molecule has 35 heavy (non-hydrogen) atoms. The van der Waals surface area contributed by atoms with Crippen molar-refractivity contribution >= 4 is 45.0 Å². The van der Waals surface area contributed by atoms with E-state index in [1.165, 1.54) is 11.3 Å². The number of benzene rings is 3. The van der Waals surface area contributed by atoms with Gasteiger partial charge in [-0.3, -0.25) is 9.59 Å². The van der Waals surface area contributed by atoms with E-state index in [1.807, 2.05) is 49.4 Å². The molecule has 0 saturated carbocycles. The number of nitrogens with zero attached hydrogens (tertiary/aromatic N) is 2. The first-order valence-corrected chi connectivity index (χ1v) is 12.0. The summed E-state index contributed by atoms with van der Waals surface area (Å²) < 4.78 is 2.34. The van der Waals surface area contributed by atoms with E-state index in [-0.39, 0.29) is 12.3 Å². The molecular formula is C27H25N3O4S. The number of hydrogen-bond acceptors (Lipinski definition) is 4. The van der Waals surface area contributed by atoms with Gasteiger partial charge in [0.05, 0.1) is 16.6 Å². The summed E-state index contributed by atoms with van der Waals surface area (Å²) in [6.07, 6.45) is 0.526. The molecule has 8 heteroatoms. The third-order valence-electron chi connectivity index (χ3n) is 5.60. The van der Waals surface area contributed by atoms with Crippen molar-refractivity contribution in [3.05, 3.63) is 94.3 Å². The summed E-state index contributed by atoms with van der Waals surface area (Å²) in [7, 11) is 0. The van der Waals surface area contributed by atoms with E-state index in [4.69, 9.17) is 0 Å². The Bertz CT molecular complexity index is 1450. The molecule has 0 radical (unpaired) electrons. The molecule has 0 fully saturated rings. The van der Waals surface area contributed by atoms with E-state index in [1.54, 1.807) is 41.8 Å². The zero-order chi connectivity index (χ0) is 24.9. The molecule has 1 atom stereocenters. The summed E-state index contributed by atoms with van der Waals surface area (Å²) in [5.41, 5.74) is 3.48. The van der Waals surface area contributed by atoms with Crippen LogP contribution in [0.15, 0.2) is 77.8 Å². The number of carboxylic acid groups (broad SMARTS) is 1. The van der Waals surface area contributed by atoms with Crippen molar-refractivity contribution in [2.24, 2.45) is 4.99 Å². The summed E-state index contributed by atoms with van der Waals surface area (Å²) in [4.78, 5) is 42.1. The van der Waals surface area contributed by atoms with Crippen LogP contribution >= 0.6 is 11.3 Å². The highest BCUT2D eigenvalue weighted by Crippen LogP contribution is 2.26. The van der Waals surface area contributed by atoms with E-state index in [2.05, 4.69) is 10.3 Å². The molecule has 4 rings (SSSR count). The highest BCUT2D eigenvalue weighted by molar-refractivity contribution is 7.16. The fourth-order valence-electron chi connectivity index (χ4n) is 3.80. The lowest BCUT2D eigenvalue weighted by atomic mass is 10.1. The average molecular weight is 488 g/mol. The number of carbonyl (C=O) groups is 3. The maximum atomic E-state index is 12.8. The Hall–Kier alpha value is -4.04. The minimum Gasteiger partial charge on any atom is -0.480 e. The van der Waals surface area contributed by atoms with E-state index < -0.39 is 17.9 Å². The number of carboxylic acids is 1. The Kier molecular flexibility index (Phi) is 7.22. The van der Waals surface area contributed by atoms with Gasteiger partial charge in [0.25, 0.3) is 5.91 Å². The third kappa shape index (κ3) is 5.55. The molecule has 1 heterocycles. The van der Waals surface area contributed by atoms with Crippen LogP contribution in [0.25, 0.3) is 10.2 Å². The maximum Gasteiger partial charge on any atom is 0.326 e. The summed E-state index contributed by atoms with van der Waals surface area (Å²) in [5, 5.41) is 12.8. The predicted molar refractivity (Wildman–Crippen MR) is 137 cm³/mol. The zero-order valence-corrected chi connectivity index (χ0v) is 20.2. The lowest BCUT2D eigenvalue weighted by Crippen LogP contribution is -2.27. The molecule has 1 unspecified atom stereocenters. The van der Waals surface area contributed by atoms with Gasteiger partial charge in [0.1, 0.15) is 6.04 Å². The molecule has 0 aliphatic rings. The van der Waals surface area contributed by atoms with Crippen molar-refractivity contribution in [3.8, 4) is 0 Å². The molecule has 0 saturated heterocycles. The average Bonchev–Trinajstić information content (AvgIpc) is 3.17. The highest BCUT2D eigenvalue weighted by atomic mass is 32.1. The largest absolute Gasteiger partial charge is 0.480 e. The lowest BCUT2D eigenvalue weighted by Gasteiger charge is -2.14. The number of aliphatic carboxylic acids is 1. The summed E-state index contributed by atoms with van der Waals surface area (Å²) in [6.45, 7) is 3.70. The number of nitrogens with one attached hydrogen (secondary N) is 1. The summed E-state index contributed by atoms with van der Waals surface area (Å²) >= 11 is 1.24. The first kappa shape index (κ1) is 24.1. The molecule has 3 aromatic carbocycles. The van der Waals surface area contributed by atoms with E-state index in [9.17, 15) is 19.5 Å². The molecule has 178 valence electrons. The topological polar surface area (TPSA) is 101 Å². The third-order valence-corrected chi connectivity index (χ3v) is 6.63.